The first-order valence-corrected chi connectivity index (χ1v) is 11.4. The molecule has 7 nitrogen and oxygen atoms in total. The van der Waals surface area contributed by atoms with Crippen LogP contribution in [0.15, 0.2) is 96.0 Å². The third kappa shape index (κ3) is 6.67. The minimum atomic E-state index is -4.73. The Labute approximate surface area is 215 Å². The molecule has 0 amide bonds. The molecular weight excluding hydrogens is 501 g/mol. The van der Waals surface area contributed by atoms with Crippen molar-refractivity contribution in [3.05, 3.63) is 112 Å². The minimum absolute atomic E-state index is 0.106. The van der Waals surface area contributed by atoms with Crippen molar-refractivity contribution in [1.82, 2.24) is 0 Å². The average Bonchev–Trinajstić information content (AvgIpc) is 2.90. The van der Waals surface area contributed by atoms with Crippen molar-refractivity contribution in [3.63, 3.8) is 0 Å². The van der Waals surface area contributed by atoms with Gasteiger partial charge in [-0.1, -0.05) is 18.2 Å². The second-order valence-corrected chi connectivity index (χ2v) is 7.85. The molecule has 10 heteroatoms. The predicted molar refractivity (Wildman–Crippen MR) is 136 cm³/mol. The van der Waals surface area contributed by atoms with Gasteiger partial charge in [-0.25, -0.2) is 0 Å². The van der Waals surface area contributed by atoms with E-state index in [1.54, 1.807) is 49.5 Å². The Morgan fingerprint density at radius 1 is 0.842 bits per heavy atom. The fourth-order valence-electron chi connectivity index (χ4n) is 3.37. The molecule has 0 saturated carbocycles. The number of ether oxygens (including phenoxy) is 3. The number of hydrogen-bond acceptors (Lipinski definition) is 6. The summed E-state index contributed by atoms with van der Waals surface area (Å²) >= 11 is 0. The number of para-hydroxylation sites is 1. The van der Waals surface area contributed by atoms with Gasteiger partial charge in [-0.3, -0.25) is 15.1 Å². The number of aliphatic imine (C=N–C) groups is 1. The minimum Gasteiger partial charge on any atom is -0.490 e. The molecule has 4 aromatic carbocycles. The summed E-state index contributed by atoms with van der Waals surface area (Å²) in [5.41, 5.74) is -0.642. The van der Waals surface area contributed by atoms with Crippen molar-refractivity contribution < 1.29 is 32.3 Å². The van der Waals surface area contributed by atoms with Crippen LogP contribution >= 0.6 is 0 Å². The van der Waals surface area contributed by atoms with Crippen molar-refractivity contribution in [2.24, 2.45) is 4.99 Å². The van der Waals surface area contributed by atoms with Crippen LogP contribution in [0.3, 0.4) is 0 Å². The molecule has 4 rings (SSSR count). The largest absolute Gasteiger partial charge is 0.490 e. The Morgan fingerprint density at radius 2 is 1.53 bits per heavy atom. The molecule has 0 spiro atoms. The second-order valence-electron chi connectivity index (χ2n) is 7.85. The molecule has 194 valence electrons. The smallest absolute Gasteiger partial charge is 0.416 e. The fourth-order valence-corrected chi connectivity index (χ4v) is 3.37. The lowest BCUT2D eigenvalue weighted by atomic mass is 10.1. The Morgan fingerprint density at radius 3 is 2.18 bits per heavy atom. The normalized spacial score (nSPS) is 11.4. The topological polar surface area (TPSA) is 83.2 Å². The number of alkyl halides is 3. The number of halogens is 3. The summed E-state index contributed by atoms with van der Waals surface area (Å²) in [6.45, 7) is 2.00. The molecule has 0 bridgehead atoms. The SMILES string of the molecule is CCOc1cc(C=Nc2ccc(Oc3ccccc3)cc2)ccc1Oc1ccc(C(F)(F)F)cc1[N+](=O)[O-]. The zero-order valence-electron chi connectivity index (χ0n) is 20.0. The van der Waals surface area contributed by atoms with E-state index in [0.29, 0.717) is 23.1 Å². The molecule has 4 aromatic rings. The van der Waals surface area contributed by atoms with Crippen LogP contribution in [0.4, 0.5) is 24.5 Å². The highest BCUT2D eigenvalue weighted by molar-refractivity contribution is 5.83. The summed E-state index contributed by atoms with van der Waals surface area (Å²) in [6.07, 6.45) is -3.13. The second kappa shape index (κ2) is 11.5. The first-order valence-electron chi connectivity index (χ1n) is 11.4. The van der Waals surface area contributed by atoms with Gasteiger partial charge in [0.1, 0.15) is 11.5 Å². The fraction of sp³-hybridized carbons (Fsp3) is 0.107. The summed E-state index contributed by atoms with van der Waals surface area (Å²) in [6, 6.07) is 23.4. The number of rotatable bonds is 9. The average molecular weight is 522 g/mol. The quantitative estimate of drug-likeness (QED) is 0.125. The van der Waals surface area contributed by atoms with E-state index in [1.807, 2.05) is 30.3 Å². The zero-order chi connectivity index (χ0) is 27.1. The molecule has 0 radical (unpaired) electrons. The van der Waals surface area contributed by atoms with Crippen molar-refractivity contribution in [3.8, 4) is 28.7 Å². The first-order chi connectivity index (χ1) is 18.2. The number of nitro groups is 1. The lowest BCUT2D eigenvalue weighted by Gasteiger charge is -2.13. The zero-order valence-corrected chi connectivity index (χ0v) is 20.0. The van der Waals surface area contributed by atoms with Crippen LogP contribution in [0.25, 0.3) is 0 Å². The van der Waals surface area contributed by atoms with Crippen molar-refractivity contribution in [2.45, 2.75) is 13.1 Å². The van der Waals surface area contributed by atoms with Gasteiger partial charge in [0.2, 0.25) is 5.75 Å². The van der Waals surface area contributed by atoms with Crippen LogP contribution in [-0.4, -0.2) is 17.7 Å². The molecule has 0 aliphatic rings. The van der Waals surface area contributed by atoms with E-state index in [0.717, 1.165) is 17.9 Å². The van der Waals surface area contributed by atoms with Crippen LogP contribution in [-0.2, 0) is 6.18 Å². The number of hydrogen-bond donors (Lipinski definition) is 0. The Bertz CT molecular complexity index is 1440. The van der Waals surface area contributed by atoms with E-state index >= 15 is 0 Å². The van der Waals surface area contributed by atoms with Gasteiger partial charge in [0.25, 0.3) is 0 Å². The van der Waals surface area contributed by atoms with Gasteiger partial charge in [-0.2, -0.15) is 13.2 Å². The molecule has 0 unspecified atom stereocenters. The van der Waals surface area contributed by atoms with E-state index in [-0.39, 0.29) is 23.9 Å². The molecule has 0 N–H and O–H groups in total. The van der Waals surface area contributed by atoms with Crippen LogP contribution in [0, 0.1) is 10.1 Å². The van der Waals surface area contributed by atoms with Crippen LogP contribution in [0.5, 0.6) is 28.7 Å². The summed E-state index contributed by atoms with van der Waals surface area (Å²) in [4.78, 5) is 14.9. The van der Waals surface area contributed by atoms with Gasteiger partial charge in [0.05, 0.1) is 22.8 Å². The Balaban J connectivity index is 1.52. The molecule has 38 heavy (non-hydrogen) atoms. The highest BCUT2D eigenvalue weighted by Crippen LogP contribution is 2.40. The van der Waals surface area contributed by atoms with Gasteiger partial charge in [-0.15, -0.1) is 0 Å². The number of nitrogens with zero attached hydrogens (tertiary/aromatic N) is 2. The summed E-state index contributed by atoms with van der Waals surface area (Å²) in [5, 5.41) is 11.4. The van der Waals surface area contributed by atoms with Gasteiger partial charge in [0, 0.05) is 12.3 Å². The van der Waals surface area contributed by atoms with E-state index in [2.05, 4.69) is 4.99 Å². The predicted octanol–water partition coefficient (Wildman–Crippen LogP) is 8.35. The van der Waals surface area contributed by atoms with Crippen molar-refractivity contribution in [1.29, 1.82) is 0 Å². The lowest BCUT2D eigenvalue weighted by Crippen LogP contribution is -2.06. The molecule has 0 aromatic heterocycles. The van der Waals surface area contributed by atoms with Crippen LogP contribution in [0.2, 0.25) is 0 Å². The van der Waals surface area contributed by atoms with Crippen molar-refractivity contribution in [2.75, 3.05) is 6.61 Å². The summed E-state index contributed by atoms with van der Waals surface area (Å²) in [7, 11) is 0. The monoisotopic (exact) mass is 522 g/mol. The van der Waals surface area contributed by atoms with E-state index < -0.39 is 22.4 Å². The maximum Gasteiger partial charge on any atom is 0.416 e. The maximum absolute atomic E-state index is 13.0. The van der Waals surface area contributed by atoms with Crippen LogP contribution in [0.1, 0.15) is 18.1 Å². The highest BCUT2D eigenvalue weighted by atomic mass is 19.4. The third-order valence-electron chi connectivity index (χ3n) is 5.15. The van der Waals surface area contributed by atoms with Crippen molar-refractivity contribution >= 4 is 17.6 Å². The molecular formula is C28H21F3N2O5. The molecule has 0 saturated heterocycles. The summed E-state index contributed by atoms with van der Waals surface area (Å²) < 4.78 is 56.0. The molecule has 0 aliphatic carbocycles. The van der Waals surface area contributed by atoms with Crippen LogP contribution < -0.4 is 14.2 Å². The van der Waals surface area contributed by atoms with E-state index in [9.17, 15) is 23.3 Å². The van der Waals surface area contributed by atoms with E-state index in [1.165, 1.54) is 6.07 Å². The van der Waals surface area contributed by atoms with Gasteiger partial charge >= 0.3 is 11.9 Å². The molecule has 0 heterocycles. The van der Waals surface area contributed by atoms with Gasteiger partial charge < -0.3 is 14.2 Å². The van der Waals surface area contributed by atoms with Gasteiger partial charge in [-0.05, 0) is 79.2 Å². The molecule has 0 fully saturated rings. The maximum atomic E-state index is 13.0. The Hall–Kier alpha value is -4.86. The number of benzene rings is 4. The van der Waals surface area contributed by atoms with E-state index in [4.69, 9.17) is 14.2 Å². The number of nitro benzene ring substituents is 1. The van der Waals surface area contributed by atoms with Gasteiger partial charge in [0.15, 0.2) is 11.5 Å². The third-order valence-corrected chi connectivity index (χ3v) is 5.15. The lowest BCUT2D eigenvalue weighted by molar-refractivity contribution is -0.385. The molecule has 0 atom stereocenters. The Kier molecular flexibility index (Phi) is 7.91. The first kappa shape index (κ1) is 26.2. The summed E-state index contributed by atoms with van der Waals surface area (Å²) in [5.74, 6) is 1.39. The highest BCUT2D eigenvalue weighted by Gasteiger charge is 2.33. The molecule has 0 aliphatic heterocycles. The standard InChI is InChI=1S/C28H21F3N2O5/c1-2-36-27-16-19(18-32-21-10-12-23(13-11-21)37-22-6-4-3-5-7-22)8-14-26(27)38-25-15-9-20(28(29,30)31)17-24(25)33(34)35/h3-18H,2H2,1H3.